The quantitative estimate of drug-likeness (QED) is 0.547. The van der Waals surface area contributed by atoms with Crippen LogP contribution < -0.4 is 0 Å². The van der Waals surface area contributed by atoms with Gasteiger partial charge in [0, 0.05) is 22.9 Å². The number of carbonyl (C=O) groups is 1. The molecule has 1 atom stereocenters. The van der Waals surface area contributed by atoms with Crippen molar-refractivity contribution in [3.63, 3.8) is 0 Å². The van der Waals surface area contributed by atoms with Crippen molar-refractivity contribution < 1.29 is 18.3 Å². The Balaban J connectivity index is 1.83. The molecule has 0 radical (unpaired) electrons. The van der Waals surface area contributed by atoms with Gasteiger partial charge in [-0.05, 0) is 68.2 Å². The van der Waals surface area contributed by atoms with Gasteiger partial charge in [-0.15, -0.1) is 0 Å². The zero-order valence-corrected chi connectivity index (χ0v) is 20.3. The standard InChI is InChI=1S/C24H32N2O4S2/c1-19(2)23(24(27)28)26(18-17-25-15-7-4-8-16-25)32(29,30)22-13-11-21(12-14-22)31-20-9-5-3-6-10-20/h3,5-6,9-14,19,23H,4,7-8,15-18H2,1-2H3,(H,27,28)/t23-/m1/s1. The molecule has 0 saturated carbocycles. The van der Waals surface area contributed by atoms with Crippen LogP contribution in [0.25, 0.3) is 0 Å². The molecule has 2 aromatic rings. The number of aliphatic carboxylic acids is 1. The van der Waals surface area contributed by atoms with Gasteiger partial charge in [-0.25, -0.2) is 8.42 Å². The number of carboxylic acids is 1. The summed E-state index contributed by atoms with van der Waals surface area (Å²) in [5.41, 5.74) is 0. The maximum atomic E-state index is 13.6. The maximum absolute atomic E-state index is 13.6. The molecule has 1 heterocycles. The second-order valence-corrected chi connectivity index (χ2v) is 11.5. The number of carboxylic acid groups (broad SMARTS) is 1. The molecule has 2 aromatic carbocycles. The molecule has 0 amide bonds. The van der Waals surface area contributed by atoms with Crippen LogP contribution in [0.15, 0.2) is 69.3 Å². The number of sulfonamides is 1. The minimum absolute atomic E-state index is 0.125. The molecular formula is C24H32N2O4S2. The van der Waals surface area contributed by atoms with Gasteiger partial charge in [0.2, 0.25) is 10.0 Å². The Hall–Kier alpha value is -1.87. The summed E-state index contributed by atoms with van der Waals surface area (Å²) in [7, 11) is -3.96. The van der Waals surface area contributed by atoms with Crippen molar-refractivity contribution in [2.75, 3.05) is 26.2 Å². The third kappa shape index (κ3) is 6.34. The summed E-state index contributed by atoms with van der Waals surface area (Å²) >= 11 is 1.55. The van der Waals surface area contributed by atoms with E-state index >= 15 is 0 Å². The minimum Gasteiger partial charge on any atom is -0.480 e. The molecule has 0 aromatic heterocycles. The van der Waals surface area contributed by atoms with Crippen LogP contribution >= 0.6 is 11.8 Å². The highest BCUT2D eigenvalue weighted by atomic mass is 32.2. The minimum atomic E-state index is -3.96. The molecule has 1 aliphatic heterocycles. The molecule has 8 heteroatoms. The van der Waals surface area contributed by atoms with Crippen molar-refractivity contribution in [1.82, 2.24) is 9.21 Å². The summed E-state index contributed by atoms with van der Waals surface area (Å²) in [5, 5.41) is 9.85. The van der Waals surface area contributed by atoms with Crippen molar-refractivity contribution in [3.05, 3.63) is 54.6 Å². The van der Waals surface area contributed by atoms with Crippen LogP contribution in [0.3, 0.4) is 0 Å². The smallest absolute Gasteiger partial charge is 0.322 e. The molecule has 1 saturated heterocycles. The van der Waals surface area contributed by atoms with Gasteiger partial charge in [0.25, 0.3) is 0 Å². The molecule has 0 unspecified atom stereocenters. The van der Waals surface area contributed by atoms with E-state index in [0.717, 1.165) is 35.7 Å². The lowest BCUT2D eigenvalue weighted by molar-refractivity contribution is -0.143. The Bertz CT molecular complexity index is 973. The van der Waals surface area contributed by atoms with Crippen LogP contribution in [0.1, 0.15) is 33.1 Å². The lowest BCUT2D eigenvalue weighted by Crippen LogP contribution is -2.51. The number of nitrogens with zero attached hydrogens (tertiary/aromatic N) is 2. The van der Waals surface area contributed by atoms with E-state index in [1.165, 1.54) is 10.7 Å². The van der Waals surface area contributed by atoms with Crippen molar-refractivity contribution >= 4 is 27.8 Å². The molecule has 1 fully saturated rings. The largest absolute Gasteiger partial charge is 0.480 e. The van der Waals surface area contributed by atoms with E-state index < -0.39 is 22.0 Å². The molecular weight excluding hydrogens is 444 g/mol. The fraction of sp³-hybridized carbons (Fsp3) is 0.458. The van der Waals surface area contributed by atoms with E-state index in [1.54, 1.807) is 49.9 Å². The topological polar surface area (TPSA) is 77.9 Å². The molecule has 0 bridgehead atoms. The van der Waals surface area contributed by atoms with Gasteiger partial charge in [0.15, 0.2) is 0 Å². The van der Waals surface area contributed by atoms with E-state index in [9.17, 15) is 18.3 Å². The van der Waals surface area contributed by atoms with Crippen molar-refractivity contribution in [2.24, 2.45) is 5.92 Å². The SMILES string of the molecule is CC(C)[C@H](C(=O)O)N(CCN1CCCCC1)S(=O)(=O)c1ccc(Sc2ccccc2)cc1. The lowest BCUT2D eigenvalue weighted by atomic mass is 10.0. The van der Waals surface area contributed by atoms with Crippen LogP contribution in [0.2, 0.25) is 0 Å². The Labute approximate surface area is 195 Å². The number of rotatable bonds is 10. The average molecular weight is 477 g/mol. The average Bonchev–Trinajstić information content (AvgIpc) is 2.77. The number of hydrogen-bond acceptors (Lipinski definition) is 5. The lowest BCUT2D eigenvalue weighted by Gasteiger charge is -2.33. The van der Waals surface area contributed by atoms with E-state index in [-0.39, 0.29) is 17.4 Å². The zero-order valence-electron chi connectivity index (χ0n) is 18.7. The Morgan fingerprint density at radius 2 is 1.59 bits per heavy atom. The van der Waals surface area contributed by atoms with E-state index in [1.807, 2.05) is 30.3 Å². The third-order valence-electron chi connectivity index (χ3n) is 5.69. The molecule has 0 aliphatic carbocycles. The van der Waals surface area contributed by atoms with Crippen LogP contribution in [0.5, 0.6) is 0 Å². The van der Waals surface area contributed by atoms with Gasteiger partial charge < -0.3 is 10.0 Å². The Morgan fingerprint density at radius 1 is 1.00 bits per heavy atom. The predicted octanol–water partition coefficient (Wildman–Crippen LogP) is 4.42. The van der Waals surface area contributed by atoms with Crippen LogP contribution in [-0.4, -0.2) is 60.9 Å². The highest BCUT2D eigenvalue weighted by Crippen LogP contribution is 2.29. The molecule has 0 spiro atoms. The monoisotopic (exact) mass is 476 g/mol. The highest BCUT2D eigenvalue weighted by Gasteiger charge is 2.38. The molecule has 3 rings (SSSR count). The number of benzene rings is 2. The van der Waals surface area contributed by atoms with E-state index in [0.29, 0.717) is 6.54 Å². The third-order valence-corrected chi connectivity index (χ3v) is 8.60. The van der Waals surface area contributed by atoms with Crippen molar-refractivity contribution in [1.29, 1.82) is 0 Å². The first-order chi connectivity index (χ1) is 15.3. The second kappa shape index (κ2) is 11.3. The first-order valence-electron chi connectivity index (χ1n) is 11.1. The van der Waals surface area contributed by atoms with Gasteiger partial charge in [0.05, 0.1) is 4.90 Å². The fourth-order valence-electron chi connectivity index (χ4n) is 4.01. The van der Waals surface area contributed by atoms with Gasteiger partial charge in [-0.1, -0.05) is 50.2 Å². The molecule has 1 aliphatic rings. The summed E-state index contributed by atoms with van der Waals surface area (Å²) < 4.78 is 28.3. The van der Waals surface area contributed by atoms with Crippen LogP contribution in [-0.2, 0) is 14.8 Å². The number of hydrogen-bond donors (Lipinski definition) is 1. The molecule has 32 heavy (non-hydrogen) atoms. The van der Waals surface area contributed by atoms with Gasteiger partial charge in [-0.2, -0.15) is 4.31 Å². The first-order valence-corrected chi connectivity index (χ1v) is 13.3. The van der Waals surface area contributed by atoms with Crippen molar-refractivity contribution in [2.45, 2.75) is 53.8 Å². The fourth-order valence-corrected chi connectivity index (χ4v) is 6.56. The zero-order chi connectivity index (χ0) is 23.1. The van der Waals surface area contributed by atoms with E-state index in [4.69, 9.17) is 0 Å². The summed E-state index contributed by atoms with van der Waals surface area (Å²) in [6.45, 7) is 6.07. The first kappa shape index (κ1) is 24.8. The molecule has 1 N–H and O–H groups in total. The summed E-state index contributed by atoms with van der Waals surface area (Å²) in [4.78, 5) is 16.4. The number of likely N-dealkylation sites (tertiary alicyclic amines) is 1. The maximum Gasteiger partial charge on any atom is 0.322 e. The van der Waals surface area contributed by atoms with E-state index in [2.05, 4.69) is 4.90 Å². The van der Waals surface area contributed by atoms with Crippen LogP contribution in [0, 0.1) is 5.92 Å². The molecule has 6 nitrogen and oxygen atoms in total. The summed E-state index contributed by atoms with van der Waals surface area (Å²) in [6.07, 6.45) is 3.38. The normalized spacial score (nSPS) is 16.4. The predicted molar refractivity (Wildman–Crippen MR) is 127 cm³/mol. The summed E-state index contributed by atoms with van der Waals surface area (Å²) in [6, 6.07) is 15.5. The number of piperidine rings is 1. The Kier molecular flexibility index (Phi) is 8.76. The second-order valence-electron chi connectivity index (χ2n) is 8.43. The molecule has 174 valence electrons. The van der Waals surface area contributed by atoms with Gasteiger partial charge in [0.1, 0.15) is 6.04 Å². The van der Waals surface area contributed by atoms with Crippen LogP contribution in [0.4, 0.5) is 0 Å². The van der Waals surface area contributed by atoms with Gasteiger partial charge >= 0.3 is 5.97 Å². The Morgan fingerprint density at radius 3 is 2.16 bits per heavy atom. The summed E-state index contributed by atoms with van der Waals surface area (Å²) in [5.74, 6) is -1.46. The van der Waals surface area contributed by atoms with Crippen molar-refractivity contribution in [3.8, 4) is 0 Å². The highest BCUT2D eigenvalue weighted by molar-refractivity contribution is 7.99. The van der Waals surface area contributed by atoms with Gasteiger partial charge in [-0.3, -0.25) is 4.79 Å².